The number of aryl methyl sites for hydroxylation is 1. The fourth-order valence-electron chi connectivity index (χ4n) is 6.76. The monoisotopic (exact) mass is 379 g/mol. The first-order valence-electron chi connectivity index (χ1n) is 10.7. The lowest BCUT2D eigenvalue weighted by molar-refractivity contribution is -0.126. The van der Waals surface area contributed by atoms with Crippen LogP contribution in [0.4, 0.5) is 0 Å². The number of nitrogens with zero attached hydrogens (tertiary/aromatic N) is 2. The van der Waals surface area contributed by atoms with Crippen LogP contribution in [0, 0.1) is 30.1 Å². The maximum Gasteiger partial charge on any atom is 0.261 e. The molecule has 1 atom stereocenters. The molecule has 0 saturated heterocycles. The van der Waals surface area contributed by atoms with E-state index in [1.807, 2.05) is 18.2 Å². The van der Waals surface area contributed by atoms with Crippen molar-refractivity contribution in [1.82, 2.24) is 14.9 Å². The summed E-state index contributed by atoms with van der Waals surface area (Å²) < 4.78 is 1.50. The molecule has 0 aliphatic heterocycles. The van der Waals surface area contributed by atoms with Crippen LogP contribution in [0.1, 0.15) is 51.3 Å². The zero-order chi connectivity index (χ0) is 19.5. The van der Waals surface area contributed by atoms with Crippen molar-refractivity contribution in [2.45, 2.75) is 65.0 Å². The van der Waals surface area contributed by atoms with Crippen LogP contribution in [0.2, 0.25) is 0 Å². The first-order chi connectivity index (χ1) is 13.4. The lowest BCUT2D eigenvalue weighted by atomic mass is 9.48. The van der Waals surface area contributed by atoms with Crippen LogP contribution in [-0.2, 0) is 11.3 Å². The highest BCUT2D eigenvalue weighted by Crippen LogP contribution is 2.61. The molecule has 148 valence electrons. The zero-order valence-electron chi connectivity index (χ0n) is 16.8. The molecule has 4 aliphatic rings. The third-order valence-corrected chi connectivity index (χ3v) is 7.74. The second-order valence-electron chi connectivity index (χ2n) is 9.64. The number of amides is 1. The summed E-state index contributed by atoms with van der Waals surface area (Å²) >= 11 is 0. The Labute approximate surface area is 165 Å². The lowest BCUT2D eigenvalue weighted by Crippen LogP contribution is -2.56. The van der Waals surface area contributed by atoms with Crippen LogP contribution in [0.25, 0.3) is 10.9 Å². The number of hydrogen-bond acceptors (Lipinski definition) is 3. The average Bonchev–Trinajstić information content (AvgIpc) is 2.64. The molecule has 1 heterocycles. The van der Waals surface area contributed by atoms with Gasteiger partial charge in [0.1, 0.15) is 12.4 Å². The van der Waals surface area contributed by atoms with Crippen LogP contribution in [0.3, 0.4) is 0 Å². The van der Waals surface area contributed by atoms with Gasteiger partial charge in [0, 0.05) is 6.04 Å². The highest BCUT2D eigenvalue weighted by Gasteiger charge is 2.53. The van der Waals surface area contributed by atoms with Gasteiger partial charge in [0.2, 0.25) is 5.91 Å². The predicted molar refractivity (Wildman–Crippen MR) is 109 cm³/mol. The van der Waals surface area contributed by atoms with Crippen molar-refractivity contribution in [2.75, 3.05) is 0 Å². The Balaban J connectivity index is 1.34. The summed E-state index contributed by atoms with van der Waals surface area (Å²) in [4.78, 5) is 30.2. The second-order valence-corrected chi connectivity index (χ2v) is 9.64. The third kappa shape index (κ3) is 2.87. The maximum absolute atomic E-state index is 12.9. The van der Waals surface area contributed by atoms with E-state index in [4.69, 9.17) is 0 Å². The average molecular weight is 380 g/mol. The molecule has 4 bridgehead atoms. The van der Waals surface area contributed by atoms with Crippen molar-refractivity contribution >= 4 is 16.8 Å². The molecule has 4 fully saturated rings. The molecule has 2 aromatic rings. The summed E-state index contributed by atoms with van der Waals surface area (Å²) in [6.07, 6.45) is 7.98. The summed E-state index contributed by atoms with van der Waals surface area (Å²) in [5.41, 5.74) is 0.816. The first-order valence-corrected chi connectivity index (χ1v) is 10.7. The minimum absolute atomic E-state index is 0.0409. The normalized spacial score (nSPS) is 31.9. The van der Waals surface area contributed by atoms with Crippen molar-refractivity contribution < 1.29 is 4.79 Å². The second kappa shape index (κ2) is 6.43. The van der Waals surface area contributed by atoms with E-state index in [-0.39, 0.29) is 29.5 Å². The number of hydrogen-bond donors (Lipinski definition) is 1. The summed E-state index contributed by atoms with van der Waals surface area (Å²) in [5, 5.41) is 3.83. The Hall–Kier alpha value is -2.17. The standard InChI is InChI=1S/C23H29N3O2/c1-14(23-10-16-7-17(11-23)9-18(8-16)12-23)24-21(27)13-26-15(2)25-20-6-4-3-5-19(20)22(26)28/h3-6,14,16-18H,7-13H2,1-2H3,(H,24,27)/t14-,16?,17?,18?,23?/m0/s1. The van der Waals surface area contributed by atoms with E-state index in [1.165, 1.54) is 43.1 Å². The first kappa shape index (κ1) is 17.9. The van der Waals surface area contributed by atoms with Gasteiger partial charge in [-0.25, -0.2) is 4.98 Å². The van der Waals surface area contributed by atoms with Crippen LogP contribution < -0.4 is 10.9 Å². The Kier molecular flexibility index (Phi) is 4.11. The Bertz CT molecular complexity index is 958. The van der Waals surface area contributed by atoms with E-state index >= 15 is 0 Å². The number of fused-ring (bicyclic) bond motifs is 1. The van der Waals surface area contributed by atoms with E-state index in [0.717, 1.165) is 17.8 Å². The highest BCUT2D eigenvalue weighted by atomic mass is 16.2. The van der Waals surface area contributed by atoms with Gasteiger partial charge in [-0.1, -0.05) is 12.1 Å². The van der Waals surface area contributed by atoms with E-state index in [1.54, 1.807) is 13.0 Å². The SMILES string of the molecule is Cc1nc2ccccc2c(=O)n1CC(=O)N[C@@H](C)C12CC3CC(CC(C3)C1)C2. The van der Waals surface area contributed by atoms with Crippen LogP contribution >= 0.6 is 0 Å². The van der Waals surface area contributed by atoms with E-state index < -0.39 is 0 Å². The molecule has 4 aliphatic carbocycles. The molecule has 1 N–H and O–H groups in total. The Morgan fingerprint density at radius 2 is 1.79 bits per heavy atom. The quantitative estimate of drug-likeness (QED) is 0.885. The largest absolute Gasteiger partial charge is 0.352 e. The van der Waals surface area contributed by atoms with Crippen LogP contribution in [0.15, 0.2) is 29.1 Å². The molecule has 0 radical (unpaired) electrons. The number of nitrogens with one attached hydrogen (secondary N) is 1. The molecule has 5 nitrogen and oxygen atoms in total. The number of carbonyl (C=O) groups is 1. The summed E-state index contributed by atoms with van der Waals surface area (Å²) in [5.74, 6) is 3.09. The van der Waals surface area contributed by atoms with Crippen molar-refractivity contribution in [3.63, 3.8) is 0 Å². The summed E-state index contributed by atoms with van der Waals surface area (Å²) in [7, 11) is 0. The minimum atomic E-state index is -0.138. The minimum Gasteiger partial charge on any atom is -0.352 e. The lowest BCUT2D eigenvalue weighted by Gasteiger charge is -2.59. The van der Waals surface area contributed by atoms with Crippen molar-refractivity contribution in [3.05, 3.63) is 40.4 Å². The summed E-state index contributed by atoms with van der Waals surface area (Å²) in [6, 6.07) is 7.48. The molecule has 0 spiro atoms. The van der Waals surface area contributed by atoms with Crippen molar-refractivity contribution in [3.8, 4) is 0 Å². The molecule has 0 unspecified atom stereocenters. The topological polar surface area (TPSA) is 64.0 Å². The molecule has 1 amide bonds. The predicted octanol–water partition coefficient (Wildman–Crippen LogP) is 3.43. The summed E-state index contributed by atoms with van der Waals surface area (Å²) in [6.45, 7) is 4.02. The molecule has 1 aromatic heterocycles. The van der Waals surface area contributed by atoms with E-state index in [2.05, 4.69) is 17.2 Å². The third-order valence-electron chi connectivity index (χ3n) is 7.74. The smallest absolute Gasteiger partial charge is 0.261 e. The Morgan fingerprint density at radius 3 is 2.43 bits per heavy atom. The van der Waals surface area contributed by atoms with Crippen LogP contribution in [0.5, 0.6) is 0 Å². The fraction of sp³-hybridized carbons (Fsp3) is 0.609. The van der Waals surface area contributed by atoms with Crippen LogP contribution in [-0.4, -0.2) is 21.5 Å². The van der Waals surface area contributed by atoms with E-state index in [9.17, 15) is 9.59 Å². The van der Waals surface area contributed by atoms with Crippen molar-refractivity contribution in [1.29, 1.82) is 0 Å². The molecule has 28 heavy (non-hydrogen) atoms. The van der Waals surface area contributed by atoms with Crippen molar-refractivity contribution in [2.24, 2.45) is 23.2 Å². The molecular formula is C23H29N3O2. The maximum atomic E-state index is 12.9. The van der Waals surface area contributed by atoms with Gasteiger partial charge in [0.05, 0.1) is 10.9 Å². The van der Waals surface area contributed by atoms with Gasteiger partial charge in [-0.15, -0.1) is 0 Å². The molecule has 5 heteroatoms. The number of benzene rings is 1. The van der Waals surface area contributed by atoms with Gasteiger partial charge in [0.25, 0.3) is 5.56 Å². The number of aromatic nitrogens is 2. The number of carbonyl (C=O) groups excluding carboxylic acids is 1. The fourth-order valence-corrected chi connectivity index (χ4v) is 6.76. The number of rotatable bonds is 4. The Morgan fingerprint density at radius 1 is 1.18 bits per heavy atom. The van der Waals surface area contributed by atoms with Gasteiger partial charge in [-0.2, -0.15) is 0 Å². The number of para-hydroxylation sites is 1. The van der Waals surface area contributed by atoms with E-state index in [0.29, 0.717) is 16.7 Å². The molecule has 4 saturated carbocycles. The van der Waals surface area contributed by atoms with Gasteiger partial charge in [-0.3, -0.25) is 14.2 Å². The highest BCUT2D eigenvalue weighted by molar-refractivity contribution is 5.79. The van der Waals surface area contributed by atoms with Gasteiger partial charge in [0.15, 0.2) is 0 Å². The van der Waals surface area contributed by atoms with Gasteiger partial charge < -0.3 is 5.32 Å². The van der Waals surface area contributed by atoms with Gasteiger partial charge in [-0.05, 0) is 87.7 Å². The zero-order valence-corrected chi connectivity index (χ0v) is 16.8. The van der Waals surface area contributed by atoms with Gasteiger partial charge >= 0.3 is 0 Å². The molecular weight excluding hydrogens is 350 g/mol. The molecule has 1 aromatic carbocycles. The molecule has 6 rings (SSSR count).